The summed E-state index contributed by atoms with van der Waals surface area (Å²) in [6.07, 6.45) is 1.08. The molecular weight excluding hydrogens is 214 g/mol. The summed E-state index contributed by atoms with van der Waals surface area (Å²) in [5, 5.41) is 3.24. The maximum absolute atomic E-state index is 5.38. The number of hydrogen-bond acceptors (Lipinski definition) is 4. The van der Waals surface area contributed by atoms with Gasteiger partial charge in [0.05, 0.1) is 6.61 Å². The first kappa shape index (κ1) is 13.7. The van der Waals surface area contributed by atoms with Crippen LogP contribution in [0.5, 0.6) is 5.88 Å². The number of ether oxygens (including phenoxy) is 1. The predicted octanol–water partition coefficient (Wildman–Crippen LogP) is 3.03. The lowest BCUT2D eigenvalue weighted by molar-refractivity contribution is 0.326. The molecule has 0 atom stereocenters. The molecule has 0 bridgehead atoms. The molecule has 0 aliphatic carbocycles. The third-order valence-corrected chi connectivity index (χ3v) is 2.28. The average molecular weight is 237 g/mol. The number of rotatable bonds is 5. The molecule has 0 amide bonds. The Kier molecular flexibility index (Phi) is 4.73. The number of anilines is 1. The van der Waals surface area contributed by atoms with Gasteiger partial charge in [0, 0.05) is 18.3 Å². The molecule has 17 heavy (non-hydrogen) atoms. The number of nitrogens with zero attached hydrogens (tertiary/aromatic N) is 2. The molecule has 0 aromatic carbocycles. The lowest BCUT2D eigenvalue weighted by Gasteiger charge is -2.18. The summed E-state index contributed by atoms with van der Waals surface area (Å²) in [6, 6.07) is 1.85. The molecule has 1 aromatic heterocycles. The Morgan fingerprint density at radius 1 is 1.29 bits per heavy atom. The minimum absolute atomic E-state index is 0.319. The van der Waals surface area contributed by atoms with Crippen LogP contribution in [0.2, 0.25) is 0 Å². The second kappa shape index (κ2) is 5.84. The van der Waals surface area contributed by atoms with Crippen molar-refractivity contribution in [2.75, 3.05) is 18.5 Å². The van der Waals surface area contributed by atoms with Crippen LogP contribution in [0, 0.1) is 12.3 Å². The fraction of sp³-hybridized carbons (Fsp3) is 0.692. The van der Waals surface area contributed by atoms with Crippen molar-refractivity contribution < 1.29 is 4.74 Å². The first-order valence-corrected chi connectivity index (χ1v) is 6.13. The predicted molar refractivity (Wildman–Crippen MR) is 70.5 cm³/mol. The van der Waals surface area contributed by atoms with E-state index in [0.29, 0.717) is 23.9 Å². The summed E-state index contributed by atoms with van der Waals surface area (Å²) in [6.45, 7) is 12.0. The Morgan fingerprint density at radius 2 is 2.00 bits per heavy atom. The molecule has 0 unspecified atom stereocenters. The van der Waals surface area contributed by atoms with Crippen molar-refractivity contribution in [1.82, 2.24) is 9.97 Å². The average Bonchev–Trinajstić information content (AvgIpc) is 2.15. The highest BCUT2D eigenvalue weighted by molar-refractivity contribution is 5.30. The monoisotopic (exact) mass is 237 g/mol. The van der Waals surface area contributed by atoms with Crippen LogP contribution in [-0.2, 0) is 0 Å². The number of nitrogens with one attached hydrogen (secondary N) is 1. The number of aryl methyl sites for hydroxylation is 1. The molecule has 1 heterocycles. The van der Waals surface area contributed by atoms with Gasteiger partial charge in [-0.1, -0.05) is 20.8 Å². The summed E-state index contributed by atoms with van der Waals surface area (Å²) >= 11 is 0. The van der Waals surface area contributed by atoms with Crippen LogP contribution >= 0.6 is 0 Å². The van der Waals surface area contributed by atoms with Crippen molar-refractivity contribution in [2.45, 2.75) is 41.0 Å². The maximum atomic E-state index is 5.38. The lowest BCUT2D eigenvalue weighted by Crippen LogP contribution is -2.14. The van der Waals surface area contributed by atoms with Crippen molar-refractivity contribution in [3.8, 4) is 5.88 Å². The third kappa shape index (κ3) is 5.52. The van der Waals surface area contributed by atoms with E-state index in [-0.39, 0.29) is 0 Å². The van der Waals surface area contributed by atoms with Crippen LogP contribution in [0.25, 0.3) is 0 Å². The molecule has 1 N–H and O–H groups in total. The van der Waals surface area contributed by atoms with E-state index in [1.165, 1.54) is 0 Å². The van der Waals surface area contributed by atoms with Gasteiger partial charge in [0.2, 0.25) is 11.8 Å². The fourth-order valence-electron chi connectivity index (χ4n) is 1.39. The van der Waals surface area contributed by atoms with Gasteiger partial charge in [0.15, 0.2) is 0 Å². The summed E-state index contributed by atoms with van der Waals surface area (Å²) in [5.74, 6) is 1.29. The van der Waals surface area contributed by atoms with Gasteiger partial charge in [0.25, 0.3) is 0 Å². The topological polar surface area (TPSA) is 47.0 Å². The van der Waals surface area contributed by atoms with Gasteiger partial charge in [-0.05, 0) is 25.7 Å². The highest BCUT2D eigenvalue weighted by Gasteiger charge is 2.10. The molecule has 96 valence electrons. The van der Waals surface area contributed by atoms with E-state index in [1.54, 1.807) is 0 Å². The van der Waals surface area contributed by atoms with Crippen LogP contribution < -0.4 is 10.1 Å². The van der Waals surface area contributed by atoms with Gasteiger partial charge >= 0.3 is 0 Å². The Morgan fingerprint density at radius 3 is 2.59 bits per heavy atom. The molecular formula is C13H23N3O. The first-order chi connectivity index (χ1) is 7.90. The van der Waals surface area contributed by atoms with E-state index >= 15 is 0 Å². The van der Waals surface area contributed by atoms with Crippen molar-refractivity contribution in [1.29, 1.82) is 0 Å². The molecule has 1 rings (SSSR count). The zero-order valence-corrected chi connectivity index (χ0v) is 11.5. The van der Waals surface area contributed by atoms with Crippen molar-refractivity contribution in [2.24, 2.45) is 5.41 Å². The molecule has 0 aliphatic rings. The zero-order chi connectivity index (χ0) is 12.9. The molecule has 0 radical (unpaired) electrons. The Hall–Kier alpha value is -1.32. The van der Waals surface area contributed by atoms with Crippen LogP contribution in [0.3, 0.4) is 0 Å². The molecule has 0 fully saturated rings. The van der Waals surface area contributed by atoms with E-state index < -0.39 is 0 Å². The standard InChI is InChI=1S/C13H23N3O/c1-6-17-11-9-10(2)15-12(16-11)14-8-7-13(3,4)5/h9H,6-8H2,1-5H3,(H,14,15,16). The quantitative estimate of drug-likeness (QED) is 0.855. The van der Waals surface area contributed by atoms with Gasteiger partial charge in [-0.2, -0.15) is 4.98 Å². The Labute approximate surface area is 104 Å². The Balaban J connectivity index is 2.58. The van der Waals surface area contributed by atoms with Gasteiger partial charge in [-0.15, -0.1) is 0 Å². The fourth-order valence-corrected chi connectivity index (χ4v) is 1.39. The molecule has 0 saturated carbocycles. The van der Waals surface area contributed by atoms with Crippen molar-refractivity contribution in [3.05, 3.63) is 11.8 Å². The molecule has 0 saturated heterocycles. The Bertz CT molecular complexity index is 358. The van der Waals surface area contributed by atoms with Gasteiger partial charge in [-0.25, -0.2) is 4.98 Å². The molecule has 4 heteroatoms. The summed E-state index contributed by atoms with van der Waals surface area (Å²) < 4.78 is 5.38. The summed E-state index contributed by atoms with van der Waals surface area (Å²) in [5.41, 5.74) is 1.24. The number of aromatic nitrogens is 2. The van der Waals surface area contributed by atoms with Gasteiger partial charge in [-0.3, -0.25) is 0 Å². The minimum Gasteiger partial charge on any atom is -0.478 e. The molecule has 0 aliphatic heterocycles. The van der Waals surface area contributed by atoms with Crippen molar-refractivity contribution >= 4 is 5.95 Å². The highest BCUT2D eigenvalue weighted by Crippen LogP contribution is 2.18. The molecule has 0 spiro atoms. The molecule has 4 nitrogen and oxygen atoms in total. The van der Waals surface area contributed by atoms with Crippen molar-refractivity contribution in [3.63, 3.8) is 0 Å². The van der Waals surface area contributed by atoms with E-state index in [9.17, 15) is 0 Å². The van der Waals surface area contributed by atoms with Crippen LogP contribution in [0.4, 0.5) is 5.95 Å². The van der Waals surface area contributed by atoms with Gasteiger partial charge in [0.1, 0.15) is 0 Å². The SMILES string of the molecule is CCOc1cc(C)nc(NCCC(C)(C)C)n1. The number of hydrogen-bond donors (Lipinski definition) is 1. The minimum atomic E-state index is 0.319. The zero-order valence-electron chi connectivity index (χ0n) is 11.5. The normalized spacial score (nSPS) is 11.4. The lowest BCUT2D eigenvalue weighted by atomic mass is 9.92. The third-order valence-electron chi connectivity index (χ3n) is 2.28. The molecule has 1 aromatic rings. The maximum Gasteiger partial charge on any atom is 0.226 e. The van der Waals surface area contributed by atoms with Gasteiger partial charge < -0.3 is 10.1 Å². The summed E-state index contributed by atoms with van der Waals surface area (Å²) in [7, 11) is 0. The second-order valence-corrected chi connectivity index (χ2v) is 5.34. The van der Waals surface area contributed by atoms with E-state index in [1.807, 2.05) is 19.9 Å². The second-order valence-electron chi connectivity index (χ2n) is 5.34. The smallest absolute Gasteiger partial charge is 0.226 e. The van der Waals surface area contributed by atoms with E-state index in [2.05, 4.69) is 36.1 Å². The van der Waals surface area contributed by atoms with Crippen LogP contribution in [0.1, 0.15) is 39.8 Å². The largest absolute Gasteiger partial charge is 0.478 e. The van der Waals surface area contributed by atoms with Crippen LogP contribution in [0.15, 0.2) is 6.07 Å². The van der Waals surface area contributed by atoms with E-state index in [4.69, 9.17) is 4.74 Å². The van der Waals surface area contributed by atoms with E-state index in [0.717, 1.165) is 18.7 Å². The highest BCUT2D eigenvalue weighted by atomic mass is 16.5. The first-order valence-electron chi connectivity index (χ1n) is 6.13. The summed E-state index contributed by atoms with van der Waals surface area (Å²) in [4.78, 5) is 8.63. The van der Waals surface area contributed by atoms with Crippen LogP contribution in [-0.4, -0.2) is 23.1 Å².